The van der Waals surface area contributed by atoms with Gasteiger partial charge in [-0.05, 0) is 72.5 Å². The number of amides is 1. The summed E-state index contributed by atoms with van der Waals surface area (Å²) in [6.45, 7) is 6.93. The molecule has 0 saturated heterocycles. The molecule has 5 nitrogen and oxygen atoms in total. The fourth-order valence-corrected chi connectivity index (χ4v) is 3.85. The van der Waals surface area contributed by atoms with E-state index in [2.05, 4.69) is 17.1 Å². The first kappa shape index (κ1) is 21.8. The molecule has 0 aliphatic rings. The third kappa shape index (κ3) is 4.73. The van der Waals surface area contributed by atoms with Crippen LogP contribution in [0, 0.1) is 13.8 Å². The fraction of sp³-hybridized carbons (Fsp3) is 0.192. The highest BCUT2D eigenvalue weighted by Crippen LogP contribution is 2.29. The van der Waals surface area contributed by atoms with Crippen LogP contribution in [0.4, 0.5) is 0 Å². The number of halogens is 1. The van der Waals surface area contributed by atoms with Crippen LogP contribution in [0.1, 0.15) is 34.3 Å². The van der Waals surface area contributed by atoms with Crippen LogP contribution in [0.25, 0.3) is 22.6 Å². The van der Waals surface area contributed by atoms with E-state index in [0.717, 1.165) is 27.8 Å². The number of nitrogens with zero attached hydrogens (tertiary/aromatic N) is 3. The lowest BCUT2D eigenvalue weighted by Crippen LogP contribution is -2.30. The highest BCUT2D eigenvalue weighted by molar-refractivity contribution is 6.30. The van der Waals surface area contributed by atoms with Gasteiger partial charge in [-0.3, -0.25) is 4.79 Å². The molecule has 0 aliphatic heterocycles. The van der Waals surface area contributed by atoms with Gasteiger partial charge in [0.25, 0.3) is 5.91 Å². The van der Waals surface area contributed by atoms with Gasteiger partial charge in [-0.1, -0.05) is 41.9 Å². The largest absolute Gasteiger partial charge is 0.421 e. The molecule has 4 aromatic rings. The van der Waals surface area contributed by atoms with Crippen LogP contribution in [-0.4, -0.2) is 27.5 Å². The van der Waals surface area contributed by atoms with Gasteiger partial charge in [0.15, 0.2) is 0 Å². The molecule has 4 rings (SSSR count). The van der Waals surface area contributed by atoms with Crippen molar-refractivity contribution in [3.8, 4) is 22.6 Å². The molecule has 0 spiro atoms. The first-order valence-corrected chi connectivity index (χ1v) is 10.9. The lowest BCUT2D eigenvalue weighted by Gasteiger charge is -2.21. The zero-order valence-electron chi connectivity index (χ0n) is 18.3. The van der Waals surface area contributed by atoms with Crippen LogP contribution in [0.2, 0.25) is 5.02 Å². The molecule has 0 radical (unpaired) electrons. The SMILES string of the molecule is CCN(Cc1cccc(Cl)c1)C(=O)c1ccc(-c2cc(-c3nnc(C)o3)ccc2C)cc1. The minimum atomic E-state index is -0.00849. The van der Waals surface area contributed by atoms with E-state index in [0.29, 0.717) is 35.5 Å². The molecule has 1 amide bonds. The molecule has 0 unspecified atom stereocenters. The molecule has 1 aromatic heterocycles. The number of rotatable bonds is 6. The number of hydrogen-bond donors (Lipinski definition) is 0. The Balaban J connectivity index is 1.56. The molecule has 0 bridgehead atoms. The molecule has 162 valence electrons. The first-order chi connectivity index (χ1) is 15.4. The molecule has 3 aromatic carbocycles. The van der Waals surface area contributed by atoms with Crippen molar-refractivity contribution >= 4 is 17.5 Å². The van der Waals surface area contributed by atoms with Gasteiger partial charge in [-0.15, -0.1) is 10.2 Å². The number of carbonyl (C=O) groups excluding carboxylic acids is 1. The van der Waals surface area contributed by atoms with Gasteiger partial charge in [0.05, 0.1) is 0 Å². The Morgan fingerprint density at radius 2 is 1.72 bits per heavy atom. The number of aromatic nitrogens is 2. The van der Waals surface area contributed by atoms with Gasteiger partial charge in [0.2, 0.25) is 11.8 Å². The maximum absolute atomic E-state index is 13.1. The third-order valence-corrected chi connectivity index (χ3v) is 5.62. The summed E-state index contributed by atoms with van der Waals surface area (Å²) in [4.78, 5) is 14.9. The second-order valence-electron chi connectivity index (χ2n) is 7.68. The van der Waals surface area contributed by atoms with E-state index in [9.17, 15) is 4.79 Å². The summed E-state index contributed by atoms with van der Waals surface area (Å²) in [5.41, 5.74) is 5.73. The smallest absolute Gasteiger partial charge is 0.254 e. The van der Waals surface area contributed by atoms with Gasteiger partial charge >= 0.3 is 0 Å². The summed E-state index contributed by atoms with van der Waals surface area (Å²) in [5.74, 6) is 1.02. The lowest BCUT2D eigenvalue weighted by atomic mass is 9.97. The van der Waals surface area contributed by atoms with E-state index < -0.39 is 0 Å². The van der Waals surface area contributed by atoms with E-state index in [-0.39, 0.29) is 5.91 Å². The van der Waals surface area contributed by atoms with E-state index in [4.69, 9.17) is 16.0 Å². The summed E-state index contributed by atoms with van der Waals surface area (Å²) in [7, 11) is 0. The van der Waals surface area contributed by atoms with Crippen LogP contribution in [0.3, 0.4) is 0 Å². The Kier molecular flexibility index (Phi) is 6.37. The Labute approximate surface area is 192 Å². The van der Waals surface area contributed by atoms with Crippen molar-refractivity contribution in [3.63, 3.8) is 0 Å². The average molecular weight is 446 g/mol. The zero-order chi connectivity index (χ0) is 22.7. The summed E-state index contributed by atoms with van der Waals surface area (Å²) < 4.78 is 5.57. The van der Waals surface area contributed by atoms with Crippen molar-refractivity contribution in [2.24, 2.45) is 0 Å². The molecule has 1 heterocycles. The van der Waals surface area contributed by atoms with Crippen molar-refractivity contribution in [3.05, 3.63) is 94.3 Å². The molecule has 32 heavy (non-hydrogen) atoms. The highest BCUT2D eigenvalue weighted by atomic mass is 35.5. The van der Waals surface area contributed by atoms with Crippen molar-refractivity contribution in [2.75, 3.05) is 6.54 Å². The number of carbonyl (C=O) groups is 1. The minimum absolute atomic E-state index is 0.00849. The monoisotopic (exact) mass is 445 g/mol. The van der Waals surface area contributed by atoms with Crippen molar-refractivity contribution < 1.29 is 9.21 Å². The average Bonchev–Trinajstić information content (AvgIpc) is 3.24. The topological polar surface area (TPSA) is 59.2 Å². The molecular formula is C26H24ClN3O2. The van der Waals surface area contributed by atoms with Crippen LogP contribution < -0.4 is 0 Å². The van der Waals surface area contributed by atoms with Gasteiger partial charge in [0.1, 0.15) is 0 Å². The Hall–Kier alpha value is -3.44. The molecule has 0 fully saturated rings. The van der Waals surface area contributed by atoms with Gasteiger partial charge < -0.3 is 9.32 Å². The quantitative estimate of drug-likeness (QED) is 0.347. The summed E-state index contributed by atoms with van der Waals surface area (Å²) in [5, 5.41) is 8.69. The maximum atomic E-state index is 13.1. The Morgan fingerprint density at radius 1 is 0.969 bits per heavy atom. The number of aryl methyl sites for hydroxylation is 2. The molecule has 6 heteroatoms. The number of benzene rings is 3. The van der Waals surface area contributed by atoms with Crippen LogP contribution in [0.5, 0.6) is 0 Å². The van der Waals surface area contributed by atoms with E-state index in [1.807, 2.05) is 78.6 Å². The normalized spacial score (nSPS) is 10.9. The standard InChI is InChI=1S/C26H24ClN3O2/c1-4-30(16-19-6-5-7-23(27)14-19)26(31)21-12-10-20(11-13-21)24-15-22(9-8-17(24)2)25-29-28-18(3)32-25/h5-15H,4,16H2,1-3H3. The van der Waals surface area contributed by atoms with E-state index in [1.54, 1.807) is 6.92 Å². The predicted octanol–water partition coefficient (Wildman–Crippen LogP) is 6.34. The fourth-order valence-electron chi connectivity index (χ4n) is 3.64. The molecule has 0 aliphatic carbocycles. The summed E-state index contributed by atoms with van der Waals surface area (Å²) >= 11 is 6.09. The predicted molar refractivity (Wildman–Crippen MR) is 127 cm³/mol. The summed E-state index contributed by atoms with van der Waals surface area (Å²) in [6, 6.07) is 21.4. The number of hydrogen-bond acceptors (Lipinski definition) is 4. The van der Waals surface area contributed by atoms with Crippen molar-refractivity contribution in [2.45, 2.75) is 27.3 Å². The van der Waals surface area contributed by atoms with Crippen LogP contribution in [-0.2, 0) is 6.54 Å². The Bertz CT molecular complexity index is 1250. The van der Waals surface area contributed by atoms with Crippen LogP contribution >= 0.6 is 11.6 Å². The van der Waals surface area contributed by atoms with Crippen molar-refractivity contribution in [1.29, 1.82) is 0 Å². The zero-order valence-corrected chi connectivity index (χ0v) is 19.1. The maximum Gasteiger partial charge on any atom is 0.254 e. The molecular weight excluding hydrogens is 422 g/mol. The Morgan fingerprint density at radius 3 is 2.38 bits per heavy atom. The lowest BCUT2D eigenvalue weighted by molar-refractivity contribution is 0.0752. The second kappa shape index (κ2) is 9.37. The third-order valence-electron chi connectivity index (χ3n) is 5.38. The van der Waals surface area contributed by atoms with E-state index >= 15 is 0 Å². The van der Waals surface area contributed by atoms with Crippen molar-refractivity contribution in [1.82, 2.24) is 15.1 Å². The van der Waals surface area contributed by atoms with Gasteiger partial charge in [-0.2, -0.15) is 0 Å². The minimum Gasteiger partial charge on any atom is -0.421 e. The van der Waals surface area contributed by atoms with Crippen LogP contribution in [0.15, 0.2) is 71.1 Å². The summed E-state index contributed by atoms with van der Waals surface area (Å²) in [6.07, 6.45) is 0. The highest BCUT2D eigenvalue weighted by Gasteiger charge is 2.16. The van der Waals surface area contributed by atoms with Gasteiger partial charge in [-0.25, -0.2) is 0 Å². The molecule has 0 atom stereocenters. The first-order valence-electron chi connectivity index (χ1n) is 10.5. The van der Waals surface area contributed by atoms with Gasteiger partial charge in [0, 0.05) is 36.2 Å². The molecule has 0 N–H and O–H groups in total. The molecule has 0 saturated carbocycles. The van der Waals surface area contributed by atoms with E-state index in [1.165, 1.54) is 0 Å². The second-order valence-corrected chi connectivity index (χ2v) is 8.12.